The van der Waals surface area contributed by atoms with Gasteiger partial charge in [0.2, 0.25) is 0 Å². The standard InChI is InChI=1S/C14H20O2/c1-10(2)9-13(11(3)14(15)16)12-7-5-4-6-8-12/h4-8,10-11,13H,9H2,1-3H3,(H,15,16). The monoisotopic (exact) mass is 220 g/mol. The fraction of sp³-hybridized carbons (Fsp3) is 0.500. The molecule has 0 aliphatic carbocycles. The molecule has 1 N–H and O–H groups in total. The minimum Gasteiger partial charge on any atom is -0.481 e. The Hall–Kier alpha value is -1.31. The first-order chi connectivity index (χ1) is 7.52. The third kappa shape index (κ3) is 3.37. The Morgan fingerprint density at radius 1 is 1.19 bits per heavy atom. The minimum atomic E-state index is -0.713. The fourth-order valence-electron chi connectivity index (χ4n) is 2.01. The first-order valence-electron chi connectivity index (χ1n) is 5.80. The minimum absolute atomic E-state index is 0.110. The molecular weight excluding hydrogens is 200 g/mol. The maximum Gasteiger partial charge on any atom is 0.306 e. The first kappa shape index (κ1) is 12.8. The van der Waals surface area contributed by atoms with Gasteiger partial charge in [-0.1, -0.05) is 51.1 Å². The molecule has 0 heterocycles. The van der Waals surface area contributed by atoms with Gasteiger partial charge < -0.3 is 5.11 Å². The largest absolute Gasteiger partial charge is 0.481 e. The lowest BCUT2D eigenvalue weighted by molar-refractivity contribution is -0.142. The highest BCUT2D eigenvalue weighted by Gasteiger charge is 2.25. The summed E-state index contributed by atoms with van der Waals surface area (Å²) in [6, 6.07) is 9.94. The zero-order chi connectivity index (χ0) is 12.1. The van der Waals surface area contributed by atoms with Crippen LogP contribution < -0.4 is 0 Å². The van der Waals surface area contributed by atoms with Crippen LogP contribution in [-0.4, -0.2) is 11.1 Å². The molecule has 1 rings (SSSR count). The Bertz CT molecular complexity index is 330. The Balaban J connectivity index is 2.92. The smallest absolute Gasteiger partial charge is 0.306 e. The van der Waals surface area contributed by atoms with Crippen LogP contribution in [0.3, 0.4) is 0 Å². The number of carboxylic acids is 1. The van der Waals surface area contributed by atoms with E-state index in [0.29, 0.717) is 5.92 Å². The molecule has 0 fully saturated rings. The van der Waals surface area contributed by atoms with Crippen molar-refractivity contribution in [2.45, 2.75) is 33.1 Å². The van der Waals surface area contributed by atoms with Crippen molar-refractivity contribution in [3.8, 4) is 0 Å². The number of benzene rings is 1. The molecule has 2 heteroatoms. The number of aliphatic carboxylic acids is 1. The van der Waals surface area contributed by atoms with Crippen molar-refractivity contribution in [3.05, 3.63) is 35.9 Å². The fourth-order valence-corrected chi connectivity index (χ4v) is 2.01. The predicted octanol–water partition coefficient (Wildman–Crippen LogP) is 3.54. The van der Waals surface area contributed by atoms with E-state index in [4.69, 9.17) is 5.11 Å². The van der Waals surface area contributed by atoms with E-state index in [1.807, 2.05) is 30.3 Å². The van der Waals surface area contributed by atoms with Gasteiger partial charge in [0.1, 0.15) is 0 Å². The Kier molecular flexibility index (Phi) is 4.53. The Morgan fingerprint density at radius 3 is 2.19 bits per heavy atom. The maximum absolute atomic E-state index is 11.1. The van der Waals surface area contributed by atoms with Gasteiger partial charge in [-0.15, -0.1) is 0 Å². The molecule has 2 unspecified atom stereocenters. The van der Waals surface area contributed by atoms with Crippen molar-refractivity contribution in [1.29, 1.82) is 0 Å². The molecule has 0 bridgehead atoms. The van der Waals surface area contributed by atoms with E-state index in [9.17, 15) is 4.79 Å². The topological polar surface area (TPSA) is 37.3 Å². The van der Waals surface area contributed by atoms with Crippen LogP contribution in [-0.2, 0) is 4.79 Å². The van der Waals surface area contributed by atoms with Crippen LogP contribution >= 0.6 is 0 Å². The van der Waals surface area contributed by atoms with Crippen LogP contribution in [0.2, 0.25) is 0 Å². The number of carboxylic acid groups (broad SMARTS) is 1. The van der Waals surface area contributed by atoms with Gasteiger partial charge in [-0.3, -0.25) is 4.79 Å². The normalized spacial score (nSPS) is 14.8. The molecule has 1 aromatic carbocycles. The van der Waals surface area contributed by atoms with Crippen LogP contribution in [0.5, 0.6) is 0 Å². The average molecular weight is 220 g/mol. The highest BCUT2D eigenvalue weighted by atomic mass is 16.4. The molecule has 2 atom stereocenters. The van der Waals surface area contributed by atoms with E-state index < -0.39 is 5.97 Å². The van der Waals surface area contributed by atoms with Gasteiger partial charge in [-0.2, -0.15) is 0 Å². The van der Waals surface area contributed by atoms with Gasteiger partial charge in [-0.25, -0.2) is 0 Å². The molecule has 0 saturated carbocycles. The lowest BCUT2D eigenvalue weighted by atomic mass is 9.81. The molecule has 0 saturated heterocycles. The number of hydrogen-bond donors (Lipinski definition) is 1. The molecule has 88 valence electrons. The van der Waals surface area contributed by atoms with E-state index >= 15 is 0 Å². The second-order valence-electron chi connectivity index (χ2n) is 4.77. The summed E-state index contributed by atoms with van der Waals surface area (Å²) in [6.07, 6.45) is 0.914. The van der Waals surface area contributed by atoms with E-state index in [1.54, 1.807) is 6.92 Å². The zero-order valence-corrected chi connectivity index (χ0v) is 10.2. The molecule has 0 aliphatic rings. The molecule has 0 spiro atoms. The molecule has 0 radical (unpaired) electrons. The summed E-state index contributed by atoms with van der Waals surface area (Å²) < 4.78 is 0. The van der Waals surface area contributed by atoms with Crippen molar-refractivity contribution in [2.75, 3.05) is 0 Å². The summed E-state index contributed by atoms with van der Waals surface area (Å²) in [5.41, 5.74) is 1.13. The molecule has 2 nitrogen and oxygen atoms in total. The van der Waals surface area contributed by atoms with Gasteiger partial charge in [0.15, 0.2) is 0 Å². The molecule has 1 aromatic rings. The summed E-state index contributed by atoms with van der Waals surface area (Å²) in [7, 11) is 0. The summed E-state index contributed by atoms with van der Waals surface area (Å²) in [4.78, 5) is 11.1. The predicted molar refractivity (Wildman–Crippen MR) is 65.4 cm³/mol. The van der Waals surface area contributed by atoms with E-state index in [0.717, 1.165) is 12.0 Å². The van der Waals surface area contributed by atoms with Gasteiger partial charge in [-0.05, 0) is 23.8 Å². The molecule has 0 amide bonds. The highest BCUT2D eigenvalue weighted by molar-refractivity contribution is 5.70. The number of rotatable bonds is 5. The summed E-state index contributed by atoms with van der Waals surface area (Å²) >= 11 is 0. The van der Waals surface area contributed by atoms with Crippen LogP contribution in [0.15, 0.2) is 30.3 Å². The summed E-state index contributed by atoms with van der Waals surface area (Å²) in [5, 5.41) is 9.13. The lowest BCUT2D eigenvalue weighted by Gasteiger charge is -2.23. The maximum atomic E-state index is 11.1. The second-order valence-corrected chi connectivity index (χ2v) is 4.77. The van der Waals surface area contributed by atoms with Crippen LogP contribution in [0.4, 0.5) is 0 Å². The van der Waals surface area contributed by atoms with Crippen molar-refractivity contribution < 1.29 is 9.90 Å². The SMILES string of the molecule is CC(C)CC(c1ccccc1)C(C)C(=O)O. The summed E-state index contributed by atoms with van der Waals surface area (Å²) in [6.45, 7) is 6.05. The van der Waals surface area contributed by atoms with Gasteiger partial charge in [0.05, 0.1) is 5.92 Å². The second kappa shape index (κ2) is 5.69. The lowest BCUT2D eigenvalue weighted by Crippen LogP contribution is -2.20. The van der Waals surface area contributed by atoms with E-state index in [2.05, 4.69) is 13.8 Å². The molecule has 0 aliphatic heterocycles. The third-order valence-corrected chi connectivity index (χ3v) is 2.95. The first-order valence-corrected chi connectivity index (χ1v) is 5.80. The van der Waals surface area contributed by atoms with E-state index in [1.165, 1.54) is 0 Å². The molecule has 16 heavy (non-hydrogen) atoms. The Morgan fingerprint density at radius 2 is 1.75 bits per heavy atom. The highest BCUT2D eigenvalue weighted by Crippen LogP contribution is 2.31. The van der Waals surface area contributed by atoms with Crippen LogP contribution in [0.25, 0.3) is 0 Å². The quantitative estimate of drug-likeness (QED) is 0.824. The van der Waals surface area contributed by atoms with Crippen molar-refractivity contribution in [1.82, 2.24) is 0 Å². The number of hydrogen-bond acceptors (Lipinski definition) is 1. The van der Waals surface area contributed by atoms with Crippen LogP contribution in [0, 0.1) is 11.8 Å². The Labute approximate surface area is 97.3 Å². The average Bonchev–Trinajstić information content (AvgIpc) is 2.26. The molecular formula is C14H20O2. The van der Waals surface area contributed by atoms with Gasteiger partial charge in [0, 0.05) is 0 Å². The zero-order valence-electron chi connectivity index (χ0n) is 10.2. The van der Waals surface area contributed by atoms with Crippen molar-refractivity contribution in [2.24, 2.45) is 11.8 Å². The van der Waals surface area contributed by atoms with Crippen molar-refractivity contribution in [3.63, 3.8) is 0 Å². The third-order valence-electron chi connectivity index (χ3n) is 2.95. The van der Waals surface area contributed by atoms with Gasteiger partial charge in [0.25, 0.3) is 0 Å². The number of carbonyl (C=O) groups is 1. The summed E-state index contributed by atoms with van der Waals surface area (Å²) in [5.74, 6) is -0.426. The van der Waals surface area contributed by atoms with E-state index in [-0.39, 0.29) is 11.8 Å². The van der Waals surface area contributed by atoms with Crippen molar-refractivity contribution >= 4 is 5.97 Å². The molecule has 0 aromatic heterocycles. The van der Waals surface area contributed by atoms with Gasteiger partial charge >= 0.3 is 5.97 Å². The van der Waals surface area contributed by atoms with Crippen LogP contribution in [0.1, 0.15) is 38.7 Å².